The zero-order valence-corrected chi connectivity index (χ0v) is 20.7. The van der Waals surface area contributed by atoms with Crippen LogP contribution in [0.15, 0.2) is 30.3 Å². The molecule has 0 aromatic heterocycles. The molecule has 186 valence electrons. The van der Waals surface area contributed by atoms with E-state index in [-0.39, 0.29) is 11.8 Å². The summed E-state index contributed by atoms with van der Waals surface area (Å²) in [5, 5.41) is 13.2. The van der Waals surface area contributed by atoms with Crippen molar-refractivity contribution in [2.75, 3.05) is 41.5 Å². The van der Waals surface area contributed by atoms with Crippen LogP contribution >= 0.6 is 0 Å². The lowest BCUT2D eigenvalue weighted by atomic mass is 9.67. The van der Waals surface area contributed by atoms with Crippen LogP contribution in [0, 0.1) is 5.41 Å². The van der Waals surface area contributed by atoms with Crippen molar-refractivity contribution in [3.8, 4) is 23.0 Å². The third kappa shape index (κ3) is 6.14. The van der Waals surface area contributed by atoms with Gasteiger partial charge in [0.05, 0.1) is 34.9 Å². The number of nitrogens with one attached hydrogen (secondary N) is 1. The second-order valence-corrected chi connectivity index (χ2v) is 8.97. The third-order valence-corrected chi connectivity index (χ3v) is 6.87. The summed E-state index contributed by atoms with van der Waals surface area (Å²) in [5.41, 5.74) is 3.13. The Kier molecular flexibility index (Phi) is 9.05. The molecule has 2 aromatic rings. The van der Waals surface area contributed by atoms with Crippen LogP contribution in [0.1, 0.15) is 42.4 Å². The van der Waals surface area contributed by atoms with E-state index in [1.807, 2.05) is 24.3 Å². The topological polar surface area (TPSA) is 86.3 Å². The van der Waals surface area contributed by atoms with Gasteiger partial charge < -0.3 is 29.4 Å². The van der Waals surface area contributed by atoms with Gasteiger partial charge in [0.1, 0.15) is 11.5 Å². The average Bonchev–Trinajstić information content (AvgIpc) is 2.84. The number of carboxylic acids is 1. The minimum Gasteiger partial charge on any atom is -0.496 e. The molecule has 0 heterocycles. The minimum atomic E-state index is -0.751. The van der Waals surface area contributed by atoms with Gasteiger partial charge >= 0.3 is 5.97 Å². The van der Waals surface area contributed by atoms with Crippen molar-refractivity contribution in [2.45, 2.75) is 44.9 Å². The Bertz CT molecular complexity index is 976. The fourth-order valence-corrected chi connectivity index (χ4v) is 5.06. The van der Waals surface area contributed by atoms with Gasteiger partial charge in [0.2, 0.25) is 0 Å². The molecule has 1 aliphatic rings. The number of aryl methyl sites for hydroxylation is 1. The summed E-state index contributed by atoms with van der Waals surface area (Å²) in [5.74, 6) is 2.39. The Morgan fingerprint density at radius 1 is 0.912 bits per heavy atom. The molecule has 1 atom stereocenters. The number of carboxylic acid groups (broad SMARTS) is 1. The van der Waals surface area contributed by atoms with Crippen LogP contribution in [0.25, 0.3) is 0 Å². The van der Waals surface area contributed by atoms with Gasteiger partial charge in [0, 0.05) is 11.1 Å². The molecule has 0 saturated carbocycles. The first-order chi connectivity index (χ1) is 16.4. The lowest BCUT2D eigenvalue weighted by molar-refractivity contribution is -0.140. The molecular weight excluding hydrogens is 434 g/mol. The summed E-state index contributed by atoms with van der Waals surface area (Å²) < 4.78 is 21.8. The van der Waals surface area contributed by atoms with Crippen molar-refractivity contribution in [1.29, 1.82) is 0 Å². The first kappa shape index (κ1) is 25.7. The van der Waals surface area contributed by atoms with Crippen molar-refractivity contribution in [3.05, 3.63) is 47.0 Å². The van der Waals surface area contributed by atoms with Crippen molar-refractivity contribution in [3.63, 3.8) is 0 Å². The van der Waals surface area contributed by atoms with Gasteiger partial charge in [0.15, 0.2) is 11.5 Å². The highest BCUT2D eigenvalue weighted by atomic mass is 16.5. The van der Waals surface area contributed by atoms with Crippen LogP contribution in [-0.4, -0.2) is 52.6 Å². The molecule has 0 spiro atoms. The maximum Gasteiger partial charge on any atom is 0.303 e. The van der Waals surface area contributed by atoms with E-state index in [0.717, 1.165) is 79.3 Å². The van der Waals surface area contributed by atoms with Crippen LogP contribution in [-0.2, 0) is 24.1 Å². The fraction of sp³-hybridized carbons (Fsp3) is 0.519. The zero-order chi connectivity index (χ0) is 24.6. The molecule has 0 radical (unpaired) electrons. The number of ether oxygens (including phenoxy) is 4. The van der Waals surface area contributed by atoms with Crippen molar-refractivity contribution in [2.24, 2.45) is 5.41 Å². The molecule has 7 heteroatoms. The molecule has 0 bridgehead atoms. The van der Waals surface area contributed by atoms with Crippen molar-refractivity contribution >= 4 is 5.97 Å². The average molecular weight is 472 g/mol. The summed E-state index contributed by atoms with van der Waals surface area (Å²) in [4.78, 5) is 11.8. The van der Waals surface area contributed by atoms with E-state index in [4.69, 9.17) is 18.9 Å². The van der Waals surface area contributed by atoms with Gasteiger partial charge in [-0.1, -0.05) is 6.07 Å². The standard InChI is InChI=1S/C27H37NO6/c1-31-22-9-10-23(32-2)21-17-27(18-26(29)30,12-11-20(21)22)13-15-28-14-5-6-19-7-8-24(33-3)25(16-19)34-4/h7-10,16,28H,5-6,11-15,17-18H2,1-4H3,(H,29,30). The highest BCUT2D eigenvalue weighted by Crippen LogP contribution is 2.46. The highest BCUT2D eigenvalue weighted by Gasteiger charge is 2.38. The molecule has 34 heavy (non-hydrogen) atoms. The molecule has 2 N–H and O–H groups in total. The number of benzene rings is 2. The number of carbonyl (C=O) groups is 1. The molecule has 0 saturated heterocycles. The Morgan fingerprint density at radius 3 is 2.21 bits per heavy atom. The number of rotatable bonds is 13. The Hall–Kier alpha value is -2.93. The van der Waals surface area contributed by atoms with Gasteiger partial charge in [-0.3, -0.25) is 4.79 Å². The largest absolute Gasteiger partial charge is 0.496 e. The maximum atomic E-state index is 11.8. The normalized spacial score (nSPS) is 17.1. The van der Waals surface area contributed by atoms with Crippen LogP contribution in [0.2, 0.25) is 0 Å². The summed E-state index contributed by atoms with van der Waals surface area (Å²) >= 11 is 0. The number of hydrogen-bond acceptors (Lipinski definition) is 6. The Morgan fingerprint density at radius 2 is 1.56 bits per heavy atom. The lowest BCUT2D eigenvalue weighted by Crippen LogP contribution is -2.35. The van der Waals surface area contributed by atoms with E-state index in [1.54, 1.807) is 28.4 Å². The second-order valence-electron chi connectivity index (χ2n) is 8.97. The van der Waals surface area contributed by atoms with Crippen LogP contribution < -0.4 is 24.3 Å². The van der Waals surface area contributed by atoms with Crippen LogP contribution in [0.5, 0.6) is 23.0 Å². The molecule has 2 aromatic carbocycles. The van der Waals surface area contributed by atoms with E-state index < -0.39 is 5.97 Å². The first-order valence-corrected chi connectivity index (χ1v) is 11.8. The monoisotopic (exact) mass is 471 g/mol. The van der Waals surface area contributed by atoms with Crippen LogP contribution in [0.3, 0.4) is 0 Å². The van der Waals surface area contributed by atoms with Gasteiger partial charge in [-0.05, 0) is 86.9 Å². The predicted molar refractivity (Wildman–Crippen MR) is 132 cm³/mol. The molecule has 3 rings (SSSR count). The quantitative estimate of drug-likeness (QED) is 0.422. The number of methoxy groups -OCH3 is 4. The molecule has 0 fully saturated rings. The number of aliphatic carboxylic acids is 1. The molecular formula is C27H37NO6. The van der Waals surface area contributed by atoms with Crippen molar-refractivity contribution in [1.82, 2.24) is 5.32 Å². The van der Waals surface area contributed by atoms with Gasteiger partial charge in [-0.2, -0.15) is 0 Å². The molecule has 1 unspecified atom stereocenters. The van der Waals surface area contributed by atoms with E-state index in [1.165, 1.54) is 5.56 Å². The summed E-state index contributed by atoms with van der Waals surface area (Å²) in [7, 11) is 6.62. The summed E-state index contributed by atoms with van der Waals surface area (Å²) in [6.45, 7) is 1.64. The number of fused-ring (bicyclic) bond motifs is 1. The van der Waals surface area contributed by atoms with E-state index >= 15 is 0 Å². The minimum absolute atomic E-state index is 0.153. The van der Waals surface area contributed by atoms with Gasteiger partial charge in [-0.25, -0.2) is 0 Å². The fourth-order valence-electron chi connectivity index (χ4n) is 5.06. The Labute approximate surface area is 202 Å². The molecule has 1 aliphatic carbocycles. The molecule has 7 nitrogen and oxygen atoms in total. The van der Waals surface area contributed by atoms with Gasteiger partial charge in [-0.15, -0.1) is 0 Å². The summed E-state index contributed by atoms with van der Waals surface area (Å²) in [6, 6.07) is 9.86. The van der Waals surface area contributed by atoms with Gasteiger partial charge in [0.25, 0.3) is 0 Å². The van der Waals surface area contributed by atoms with Crippen molar-refractivity contribution < 1.29 is 28.8 Å². The molecule has 0 amide bonds. The number of hydrogen-bond donors (Lipinski definition) is 2. The smallest absolute Gasteiger partial charge is 0.303 e. The van der Waals surface area contributed by atoms with E-state index in [9.17, 15) is 9.90 Å². The van der Waals surface area contributed by atoms with E-state index in [2.05, 4.69) is 11.4 Å². The SMILES string of the molecule is COc1ccc(CCCNCCC2(CC(=O)O)CCc3c(OC)ccc(OC)c3C2)cc1OC. The summed E-state index contributed by atoms with van der Waals surface area (Å²) in [6.07, 6.45) is 5.16. The highest BCUT2D eigenvalue weighted by molar-refractivity contribution is 5.68. The van der Waals surface area contributed by atoms with Crippen LogP contribution in [0.4, 0.5) is 0 Å². The van der Waals surface area contributed by atoms with E-state index in [0.29, 0.717) is 6.42 Å². The molecule has 0 aliphatic heterocycles. The third-order valence-electron chi connectivity index (χ3n) is 6.87. The zero-order valence-electron chi connectivity index (χ0n) is 20.7. The Balaban J connectivity index is 1.57. The lowest BCUT2D eigenvalue weighted by Gasteiger charge is -2.38. The first-order valence-electron chi connectivity index (χ1n) is 11.8. The predicted octanol–water partition coefficient (Wildman–Crippen LogP) is 4.28. The maximum absolute atomic E-state index is 11.8. The second kappa shape index (κ2) is 12.0.